The summed E-state index contributed by atoms with van der Waals surface area (Å²) in [5, 5.41) is -0.650. The largest absolute Gasteiger partial charge is 0.463 e. The van der Waals surface area contributed by atoms with Gasteiger partial charge in [-0.3, -0.25) is 4.79 Å². The van der Waals surface area contributed by atoms with Crippen LogP contribution in [-0.4, -0.2) is 44.6 Å². The third kappa shape index (κ3) is 5.69. The summed E-state index contributed by atoms with van der Waals surface area (Å²) in [6, 6.07) is 0. The maximum absolute atomic E-state index is 11.3. The molecule has 0 aliphatic rings. The summed E-state index contributed by atoms with van der Waals surface area (Å²) in [4.78, 5) is 21.9. The zero-order valence-electron chi connectivity index (χ0n) is 9.56. The van der Waals surface area contributed by atoms with E-state index >= 15 is 0 Å². The number of hydrogen-bond donors (Lipinski definition) is 0. The molecular formula is C9H16O6S. The van der Waals surface area contributed by atoms with Crippen LogP contribution in [0.3, 0.4) is 0 Å². The van der Waals surface area contributed by atoms with Gasteiger partial charge in [0.05, 0.1) is 11.9 Å². The molecule has 0 aliphatic carbocycles. The Kier molecular flexibility index (Phi) is 6.02. The molecule has 0 saturated carbocycles. The van der Waals surface area contributed by atoms with Crippen LogP contribution < -0.4 is 0 Å². The lowest BCUT2D eigenvalue weighted by Crippen LogP contribution is -2.26. The lowest BCUT2D eigenvalue weighted by atomic mass is 10.6. The Morgan fingerprint density at radius 2 is 1.69 bits per heavy atom. The Morgan fingerprint density at radius 3 is 2.12 bits per heavy atom. The topological polar surface area (TPSA) is 86.7 Å². The summed E-state index contributed by atoms with van der Waals surface area (Å²) in [5.41, 5.74) is 0. The Hall–Kier alpha value is -1.11. The van der Waals surface area contributed by atoms with Gasteiger partial charge in [0, 0.05) is 0 Å². The number of esters is 2. The van der Waals surface area contributed by atoms with Crippen molar-refractivity contribution in [1.29, 1.82) is 0 Å². The van der Waals surface area contributed by atoms with Gasteiger partial charge in [0.2, 0.25) is 0 Å². The molecule has 0 aromatic carbocycles. The summed E-state index contributed by atoms with van der Waals surface area (Å²) >= 11 is 0. The van der Waals surface area contributed by atoms with Crippen LogP contribution in [-0.2, 0) is 28.9 Å². The predicted molar refractivity (Wildman–Crippen MR) is 56.5 cm³/mol. The van der Waals surface area contributed by atoms with Gasteiger partial charge < -0.3 is 9.47 Å². The Bertz CT molecular complexity index is 343. The lowest BCUT2D eigenvalue weighted by Gasteiger charge is -2.07. The Morgan fingerprint density at radius 1 is 1.12 bits per heavy atom. The number of hydrogen-bond acceptors (Lipinski definition) is 6. The van der Waals surface area contributed by atoms with Crippen molar-refractivity contribution in [1.82, 2.24) is 0 Å². The molecule has 0 aliphatic heterocycles. The number of rotatable bonds is 6. The minimum absolute atomic E-state index is 0.181. The highest BCUT2D eigenvalue weighted by molar-refractivity contribution is 7.92. The number of sulfone groups is 1. The predicted octanol–water partition coefficient (Wildman–Crippen LogP) is -0.0841. The van der Waals surface area contributed by atoms with Gasteiger partial charge in [-0.1, -0.05) is 0 Å². The van der Waals surface area contributed by atoms with Gasteiger partial charge >= 0.3 is 11.9 Å². The van der Waals surface area contributed by atoms with Crippen molar-refractivity contribution in [3.8, 4) is 0 Å². The molecule has 0 heterocycles. The molecule has 0 unspecified atom stereocenters. The Balaban J connectivity index is 4.06. The first-order valence-corrected chi connectivity index (χ1v) is 6.54. The monoisotopic (exact) mass is 252 g/mol. The second kappa shape index (κ2) is 6.47. The van der Waals surface area contributed by atoms with Crippen LogP contribution in [0.15, 0.2) is 0 Å². The first-order valence-electron chi connectivity index (χ1n) is 4.82. The van der Waals surface area contributed by atoms with E-state index in [1.54, 1.807) is 6.92 Å². The number of carbonyl (C=O) groups is 2. The van der Waals surface area contributed by atoms with Crippen molar-refractivity contribution in [2.45, 2.75) is 26.0 Å². The van der Waals surface area contributed by atoms with Crippen LogP contribution in [0.2, 0.25) is 0 Å². The molecule has 7 heteroatoms. The van der Waals surface area contributed by atoms with Gasteiger partial charge in [-0.2, -0.15) is 0 Å². The van der Waals surface area contributed by atoms with Crippen LogP contribution in [0.4, 0.5) is 0 Å². The maximum Gasteiger partial charge on any atom is 0.344 e. The lowest BCUT2D eigenvalue weighted by molar-refractivity contribution is -0.157. The molecule has 0 N–H and O–H groups in total. The molecule has 0 spiro atoms. The second-order valence-electron chi connectivity index (χ2n) is 3.32. The quantitative estimate of drug-likeness (QED) is 0.614. The third-order valence-corrected chi connectivity index (χ3v) is 3.77. The fourth-order valence-electron chi connectivity index (χ4n) is 0.715. The van der Waals surface area contributed by atoms with Gasteiger partial charge in [0.15, 0.2) is 16.4 Å². The van der Waals surface area contributed by atoms with E-state index in [4.69, 9.17) is 0 Å². The fourth-order valence-corrected chi connectivity index (χ4v) is 1.46. The number of carbonyl (C=O) groups excluding carboxylic acids is 2. The van der Waals surface area contributed by atoms with Crippen molar-refractivity contribution >= 4 is 21.8 Å². The van der Waals surface area contributed by atoms with Gasteiger partial charge in [0.1, 0.15) is 5.75 Å². The molecule has 0 radical (unpaired) electrons. The van der Waals surface area contributed by atoms with E-state index in [1.807, 2.05) is 0 Å². The van der Waals surface area contributed by atoms with Crippen LogP contribution >= 0.6 is 0 Å². The van der Waals surface area contributed by atoms with Crippen molar-refractivity contribution in [3.63, 3.8) is 0 Å². The molecule has 0 saturated heterocycles. The number of ether oxygens (including phenoxy) is 2. The van der Waals surface area contributed by atoms with Gasteiger partial charge in [-0.25, -0.2) is 13.2 Å². The van der Waals surface area contributed by atoms with Crippen LogP contribution in [0.1, 0.15) is 20.8 Å². The van der Waals surface area contributed by atoms with Crippen LogP contribution in [0, 0.1) is 0 Å². The first-order chi connectivity index (χ1) is 7.29. The average molecular weight is 252 g/mol. The van der Waals surface area contributed by atoms with E-state index in [0.717, 1.165) is 0 Å². The molecule has 0 aromatic rings. The Labute approximate surface area is 94.8 Å². The normalized spacial score (nSPS) is 11.2. The molecule has 94 valence electrons. The van der Waals surface area contributed by atoms with Gasteiger partial charge in [0.25, 0.3) is 0 Å². The summed E-state index contributed by atoms with van der Waals surface area (Å²) in [6.45, 7) is 4.17. The van der Waals surface area contributed by atoms with Crippen LogP contribution in [0.5, 0.6) is 0 Å². The third-order valence-electron chi connectivity index (χ3n) is 1.69. The molecule has 0 fully saturated rings. The van der Waals surface area contributed by atoms with Crippen molar-refractivity contribution in [3.05, 3.63) is 0 Å². The minimum atomic E-state index is -3.48. The van der Waals surface area contributed by atoms with Crippen LogP contribution in [0.25, 0.3) is 0 Å². The van der Waals surface area contributed by atoms with Crippen molar-refractivity contribution in [2.75, 3.05) is 19.0 Å². The van der Waals surface area contributed by atoms with Gasteiger partial charge in [-0.15, -0.1) is 0 Å². The summed E-state index contributed by atoms with van der Waals surface area (Å²) < 4.78 is 31.5. The fraction of sp³-hybridized carbons (Fsp3) is 0.778. The van der Waals surface area contributed by atoms with Gasteiger partial charge in [-0.05, 0) is 20.8 Å². The second-order valence-corrected chi connectivity index (χ2v) is 5.88. The van der Waals surface area contributed by atoms with Crippen molar-refractivity contribution in [2.24, 2.45) is 0 Å². The molecule has 0 bridgehead atoms. The molecule has 6 nitrogen and oxygen atoms in total. The molecule has 16 heavy (non-hydrogen) atoms. The molecule has 0 amide bonds. The smallest absolute Gasteiger partial charge is 0.344 e. The zero-order chi connectivity index (χ0) is 12.8. The molecular weight excluding hydrogens is 236 g/mol. The van der Waals surface area contributed by atoms with Crippen molar-refractivity contribution < 1.29 is 27.5 Å². The summed E-state index contributed by atoms with van der Waals surface area (Å²) in [6.07, 6.45) is 0. The first kappa shape index (κ1) is 14.9. The molecule has 0 aromatic heterocycles. The molecule has 0 atom stereocenters. The molecule has 0 rings (SSSR count). The SMILES string of the molecule is CCOC(=O)COC(=O)CS(=O)(=O)C(C)C. The summed E-state index contributed by atoms with van der Waals surface area (Å²) in [7, 11) is -3.48. The van der Waals surface area contributed by atoms with E-state index in [1.165, 1.54) is 13.8 Å². The zero-order valence-corrected chi connectivity index (χ0v) is 10.4. The standard InChI is InChI=1S/C9H16O6S/c1-4-14-8(10)5-15-9(11)6-16(12,13)7(2)3/h7H,4-6H2,1-3H3. The highest BCUT2D eigenvalue weighted by Gasteiger charge is 2.22. The van der Waals surface area contributed by atoms with E-state index < -0.39 is 39.4 Å². The van der Waals surface area contributed by atoms with E-state index in [2.05, 4.69) is 9.47 Å². The van der Waals surface area contributed by atoms with E-state index in [9.17, 15) is 18.0 Å². The minimum Gasteiger partial charge on any atom is -0.463 e. The maximum atomic E-state index is 11.3. The van der Waals surface area contributed by atoms with E-state index in [-0.39, 0.29) is 6.61 Å². The highest BCUT2D eigenvalue weighted by Crippen LogP contribution is 2.01. The summed E-state index contributed by atoms with van der Waals surface area (Å²) in [5.74, 6) is -2.36. The van der Waals surface area contributed by atoms with E-state index in [0.29, 0.717) is 0 Å². The average Bonchev–Trinajstić information content (AvgIpc) is 2.14. The highest BCUT2D eigenvalue weighted by atomic mass is 32.2.